The summed E-state index contributed by atoms with van der Waals surface area (Å²) in [6.45, 7) is 5.11. The van der Waals surface area contributed by atoms with Gasteiger partial charge in [-0.15, -0.1) is 0 Å². The van der Waals surface area contributed by atoms with E-state index in [9.17, 15) is 9.59 Å². The quantitative estimate of drug-likeness (QED) is 0.804. The van der Waals surface area contributed by atoms with Crippen LogP contribution in [-0.2, 0) is 22.6 Å². The Kier molecular flexibility index (Phi) is 6.49. The summed E-state index contributed by atoms with van der Waals surface area (Å²) in [6, 6.07) is 7.35. The summed E-state index contributed by atoms with van der Waals surface area (Å²) < 4.78 is 6.45. The van der Waals surface area contributed by atoms with Crippen LogP contribution in [0.2, 0.25) is 0 Å². The maximum atomic E-state index is 12.5. The first-order chi connectivity index (χ1) is 11.6. The molecule has 2 rings (SSSR count). The number of aromatic nitrogens is 2. The molecule has 0 radical (unpaired) electrons. The minimum Gasteiger partial charge on any atom is -0.383 e. The Balaban J connectivity index is 2.33. The summed E-state index contributed by atoms with van der Waals surface area (Å²) in [6.07, 6.45) is 1.62. The lowest BCUT2D eigenvalue weighted by molar-refractivity contribution is -0.125. The van der Waals surface area contributed by atoms with Crippen molar-refractivity contribution in [1.29, 1.82) is 0 Å². The van der Waals surface area contributed by atoms with Crippen LogP contribution in [0.25, 0.3) is 10.8 Å². The van der Waals surface area contributed by atoms with Crippen molar-refractivity contribution >= 4 is 16.7 Å². The number of fused-ring (bicyclic) bond motifs is 1. The van der Waals surface area contributed by atoms with Crippen molar-refractivity contribution in [3.63, 3.8) is 0 Å². The molecule has 6 nitrogen and oxygen atoms in total. The normalized spacial score (nSPS) is 11.2. The Labute approximate surface area is 141 Å². The Hall–Kier alpha value is -2.21. The van der Waals surface area contributed by atoms with Gasteiger partial charge >= 0.3 is 0 Å². The van der Waals surface area contributed by atoms with Crippen molar-refractivity contribution < 1.29 is 9.53 Å². The zero-order chi connectivity index (χ0) is 17.5. The number of rotatable bonds is 8. The number of nitrogens with zero attached hydrogens (tertiary/aromatic N) is 2. The second kappa shape index (κ2) is 8.59. The summed E-state index contributed by atoms with van der Waals surface area (Å²) in [5.41, 5.74) is 0.554. The van der Waals surface area contributed by atoms with E-state index in [4.69, 9.17) is 4.74 Å². The predicted molar refractivity (Wildman–Crippen MR) is 93.8 cm³/mol. The van der Waals surface area contributed by atoms with Crippen molar-refractivity contribution in [2.45, 2.75) is 39.8 Å². The molecule has 0 aliphatic carbocycles. The van der Waals surface area contributed by atoms with Crippen molar-refractivity contribution in [2.24, 2.45) is 5.92 Å². The minimum atomic E-state index is -0.141. The van der Waals surface area contributed by atoms with Crippen molar-refractivity contribution in [3.8, 4) is 0 Å². The van der Waals surface area contributed by atoms with E-state index in [0.717, 1.165) is 18.2 Å². The van der Waals surface area contributed by atoms with Crippen LogP contribution in [0.1, 0.15) is 32.4 Å². The van der Waals surface area contributed by atoms with Gasteiger partial charge in [0.2, 0.25) is 5.91 Å². The van der Waals surface area contributed by atoms with Crippen molar-refractivity contribution in [3.05, 3.63) is 40.3 Å². The first-order valence-electron chi connectivity index (χ1n) is 8.37. The fourth-order valence-electron chi connectivity index (χ4n) is 2.74. The number of hydrogen-bond donors (Lipinski definition) is 1. The molecule has 130 valence electrons. The topological polar surface area (TPSA) is 73.2 Å². The molecule has 0 aliphatic heterocycles. The number of amides is 1. The number of benzene rings is 1. The van der Waals surface area contributed by atoms with Gasteiger partial charge in [-0.1, -0.05) is 32.0 Å². The molecule has 24 heavy (non-hydrogen) atoms. The molecule has 1 aromatic heterocycles. The number of ether oxygens (including phenoxy) is 1. The minimum absolute atomic E-state index is 0.00987. The molecule has 1 heterocycles. The highest BCUT2D eigenvalue weighted by Gasteiger charge is 2.15. The van der Waals surface area contributed by atoms with Gasteiger partial charge < -0.3 is 10.1 Å². The summed E-state index contributed by atoms with van der Waals surface area (Å²) >= 11 is 0. The predicted octanol–water partition coefficient (Wildman–Crippen LogP) is 2.10. The molecule has 0 fully saturated rings. The van der Waals surface area contributed by atoms with Crippen LogP contribution in [0, 0.1) is 5.92 Å². The van der Waals surface area contributed by atoms with E-state index in [0.29, 0.717) is 30.8 Å². The van der Waals surface area contributed by atoms with Crippen LogP contribution in [0.15, 0.2) is 29.1 Å². The largest absolute Gasteiger partial charge is 0.383 e. The van der Waals surface area contributed by atoms with Crippen LogP contribution in [0.4, 0.5) is 0 Å². The maximum Gasteiger partial charge on any atom is 0.274 e. The molecule has 0 spiro atoms. The molecule has 1 N–H and O–H groups in total. The molecule has 2 aromatic rings. The monoisotopic (exact) mass is 331 g/mol. The number of methoxy groups -OCH3 is 1. The molecule has 0 saturated carbocycles. The zero-order valence-electron chi connectivity index (χ0n) is 14.5. The van der Waals surface area contributed by atoms with Crippen molar-refractivity contribution in [1.82, 2.24) is 15.1 Å². The van der Waals surface area contributed by atoms with Gasteiger partial charge in [0.05, 0.1) is 30.8 Å². The van der Waals surface area contributed by atoms with Crippen LogP contribution >= 0.6 is 0 Å². The number of nitrogens with one attached hydrogen (secondary N) is 1. The van der Waals surface area contributed by atoms with E-state index < -0.39 is 0 Å². The molecule has 0 unspecified atom stereocenters. The molecule has 1 amide bonds. The molecular formula is C18H25N3O3. The Morgan fingerprint density at radius 3 is 2.54 bits per heavy atom. The van der Waals surface area contributed by atoms with Gasteiger partial charge in [0.1, 0.15) is 0 Å². The number of carbonyl (C=O) groups excluding carboxylic acids is 1. The molecule has 0 bridgehead atoms. The first-order valence-corrected chi connectivity index (χ1v) is 8.37. The van der Waals surface area contributed by atoms with E-state index in [-0.39, 0.29) is 17.4 Å². The second-order valence-corrected chi connectivity index (χ2v) is 5.74. The maximum absolute atomic E-state index is 12.5. The number of hydrogen-bond acceptors (Lipinski definition) is 4. The highest BCUT2D eigenvalue weighted by molar-refractivity contribution is 5.84. The fraction of sp³-hybridized carbons (Fsp3) is 0.500. The Morgan fingerprint density at radius 2 is 1.92 bits per heavy atom. The van der Waals surface area contributed by atoms with Gasteiger partial charge in [-0.05, 0) is 18.9 Å². The van der Waals surface area contributed by atoms with Gasteiger partial charge in [0.25, 0.3) is 5.56 Å². The fourth-order valence-corrected chi connectivity index (χ4v) is 2.74. The van der Waals surface area contributed by atoms with E-state index in [2.05, 4.69) is 10.4 Å². The smallest absolute Gasteiger partial charge is 0.274 e. The Bertz CT molecular complexity index is 751. The molecule has 0 saturated heterocycles. The first kappa shape index (κ1) is 18.1. The van der Waals surface area contributed by atoms with Crippen LogP contribution in [-0.4, -0.2) is 29.4 Å². The summed E-state index contributed by atoms with van der Waals surface area (Å²) in [7, 11) is 1.59. The SMILES string of the molecule is CCC(CC)C(=O)NCc1nn(CCOC)c(=O)c2ccccc12. The van der Waals surface area contributed by atoms with E-state index in [1.165, 1.54) is 4.68 Å². The van der Waals surface area contributed by atoms with Crippen LogP contribution in [0.3, 0.4) is 0 Å². The summed E-state index contributed by atoms with van der Waals surface area (Å²) in [4.78, 5) is 24.7. The average molecular weight is 331 g/mol. The third kappa shape index (κ3) is 4.00. The third-order valence-electron chi connectivity index (χ3n) is 4.24. The second-order valence-electron chi connectivity index (χ2n) is 5.74. The molecule has 1 aromatic carbocycles. The standard InChI is InChI=1S/C18H25N3O3/c1-4-13(5-2)17(22)19-12-16-14-8-6-7-9-15(14)18(23)21(20-16)10-11-24-3/h6-9,13H,4-5,10-12H2,1-3H3,(H,19,22). The highest BCUT2D eigenvalue weighted by Crippen LogP contribution is 2.14. The lowest BCUT2D eigenvalue weighted by Gasteiger charge is -2.14. The van der Waals surface area contributed by atoms with E-state index in [1.807, 2.05) is 32.0 Å². The summed E-state index contributed by atoms with van der Waals surface area (Å²) in [5, 5.41) is 8.76. The van der Waals surface area contributed by atoms with Gasteiger partial charge in [-0.25, -0.2) is 4.68 Å². The third-order valence-corrected chi connectivity index (χ3v) is 4.24. The Morgan fingerprint density at radius 1 is 1.25 bits per heavy atom. The van der Waals surface area contributed by atoms with Gasteiger partial charge in [-0.3, -0.25) is 9.59 Å². The zero-order valence-corrected chi connectivity index (χ0v) is 14.5. The lowest BCUT2D eigenvalue weighted by atomic mass is 10.0. The van der Waals surface area contributed by atoms with Crippen molar-refractivity contribution in [2.75, 3.05) is 13.7 Å². The average Bonchev–Trinajstić information content (AvgIpc) is 2.61. The molecule has 0 atom stereocenters. The van der Waals surface area contributed by atoms with E-state index in [1.54, 1.807) is 13.2 Å². The van der Waals surface area contributed by atoms with Gasteiger partial charge in [-0.2, -0.15) is 5.10 Å². The van der Waals surface area contributed by atoms with Crippen LogP contribution < -0.4 is 10.9 Å². The highest BCUT2D eigenvalue weighted by atomic mass is 16.5. The lowest BCUT2D eigenvalue weighted by Crippen LogP contribution is -2.32. The summed E-state index contributed by atoms with van der Waals surface area (Å²) in [5.74, 6) is 0.0381. The number of carbonyl (C=O) groups is 1. The molecule has 0 aliphatic rings. The molecular weight excluding hydrogens is 306 g/mol. The van der Waals surface area contributed by atoms with Crippen LogP contribution in [0.5, 0.6) is 0 Å². The molecule has 6 heteroatoms. The van der Waals surface area contributed by atoms with Gasteiger partial charge in [0.15, 0.2) is 0 Å². The van der Waals surface area contributed by atoms with Gasteiger partial charge in [0, 0.05) is 18.4 Å². The van der Waals surface area contributed by atoms with E-state index >= 15 is 0 Å².